The fraction of sp³-hybridized carbons (Fsp3) is 0.917. The minimum absolute atomic E-state index is 0.540. The Hall–Kier alpha value is -0.860. The molecular weight excluding hydrogens is 275 g/mol. The minimum atomic E-state index is -4.37. The first-order chi connectivity index (χ1) is 9.33. The van der Waals surface area contributed by atoms with Crippen molar-refractivity contribution in [3.8, 4) is 0 Å². The van der Waals surface area contributed by atoms with Crippen molar-refractivity contribution in [1.29, 1.82) is 0 Å². The molecule has 5 nitrogen and oxygen atoms in total. The van der Waals surface area contributed by atoms with Gasteiger partial charge >= 0.3 is 6.18 Å². The quantitative estimate of drug-likeness (QED) is 0.767. The number of carbonyl (C=O) groups excluding carboxylic acids is 1. The molecule has 20 heavy (non-hydrogen) atoms. The highest BCUT2D eigenvalue weighted by atomic mass is 19.4. The first-order valence-electron chi connectivity index (χ1n) is 6.63. The molecule has 0 radical (unpaired) electrons. The van der Waals surface area contributed by atoms with Crippen molar-refractivity contribution in [2.45, 2.75) is 19.1 Å². The Morgan fingerprint density at radius 3 is 2.40 bits per heavy atom. The number of rotatable bonds is 6. The van der Waals surface area contributed by atoms with Crippen LogP contribution in [0.5, 0.6) is 0 Å². The number of nitrogens with zero attached hydrogens (tertiary/aromatic N) is 2. The van der Waals surface area contributed by atoms with Gasteiger partial charge < -0.3 is 10.1 Å². The van der Waals surface area contributed by atoms with E-state index < -0.39 is 24.7 Å². The third-order valence-corrected chi connectivity index (χ3v) is 3.41. The largest absolute Gasteiger partial charge is 0.405 e. The van der Waals surface area contributed by atoms with Crippen LogP contribution in [0.3, 0.4) is 0 Å². The van der Waals surface area contributed by atoms with E-state index in [-0.39, 0.29) is 0 Å². The highest BCUT2D eigenvalue weighted by Crippen LogP contribution is 2.13. The zero-order valence-electron chi connectivity index (χ0n) is 11.9. The van der Waals surface area contributed by atoms with E-state index in [1.165, 1.54) is 0 Å². The second kappa shape index (κ2) is 7.80. The molecule has 1 saturated heterocycles. The topological polar surface area (TPSA) is 44.8 Å². The summed E-state index contributed by atoms with van der Waals surface area (Å²) in [6.45, 7) is 4.77. The highest BCUT2D eigenvalue weighted by molar-refractivity contribution is 5.81. The van der Waals surface area contributed by atoms with Gasteiger partial charge in [-0.15, -0.1) is 0 Å². The van der Waals surface area contributed by atoms with Crippen molar-refractivity contribution in [2.75, 3.05) is 53.0 Å². The van der Waals surface area contributed by atoms with E-state index in [2.05, 4.69) is 4.90 Å². The van der Waals surface area contributed by atoms with Crippen molar-refractivity contribution in [3.05, 3.63) is 0 Å². The molecule has 0 aliphatic carbocycles. The standard InChI is InChI=1S/C12H22F3N3O2/c1-10(11(19)16-9-12(13,14)15)18-5-3-17(4-6-18)7-8-20-2/h10H,3-9H2,1-2H3,(H,16,19)/t10-/m0/s1. The fourth-order valence-electron chi connectivity index (χ4n) is 2.10. The van der Waals surface area contributed by atoms with Crippen molar-refractivity contribution < 1.29 is 22.7 Å². The monoisotopic (exact) mass is 297 g/mol. The van der Waals surface area contributed by atoms with Crippen LogP contribution in [-0.2, 0) is 9.53 Å². The van der Waals surface area contributed by atoms with Crippen molar-refractivity contribution in [2.24, 2.45) is 0 Å². The summed E-state index contributed by atoms with van der Waals surface area (Å²) in [5.74, 6) is -0.576. The number of methoxy groups -OCH3 is 1. The average molecular weight is 297 g/mol. The summed E-state index contributed by atoms with van der Waals surface area (Å²) in [5.41, 5.74) is 0. The fourth-order valence-corrected chi connectivity index (χ4v) is 2.10. The van der Waals surface area contributed by atoms with Gasteiger partial charge in [-0.25, -0.2) is 0 Å². The maximum atomic E-state index is 12.0. The maximum absolute atomic E-state index is 12.0. The second-order valence-electron chi connectivity index (χ2n) is 4.88. The molecule has 118 valence electrons. The summed E-state index contributed by atoms with van der Waals surface area (Å²) in [7, 11) is 1.64. The summed E-state index contributed by atoms with van der Waals surface area (Å²) in [6, 6.07) is -0.540. The van der Waals surface area contributed by atoms with Gasteiger partial charge in [-0.2, -0.15) is 13.2 Å². The van der Waals surface area contributed by atoms with Crippen LogP contribution >= 0.6 is 0 Å². The zero-order valence-corrected chi connectivity index (χ0v) is 11.9. The number of amides is 1. The smallest absolute Gasteiger partial charge is 0.383 e. The lowest BCUT2D eigenvalue weighted by molar-refractivity contribution is -0.141. The van der Waals surface area contributed by atoms with Crippen LogP contribution < -0.4 is 5.32 Å². The molecule has 0 spiro atoms. The number of ether oxygens (including phenoxy) is 1. The van der Waals surface area contributed by atoms with E-state index in [9.17, 15) is 18.0 Å². The van der Waals surface area contributed by atoms with E-state index in [1.807, 2.05) is 10.2 Å². The number of halogens is 3. The molecule has 1 rings (SSSR count). The number of hydrogen-bond donors (Lipinski definition) is 1. The molecule has 0 saturated carbocycles. The number of carbonyl (C=O) groups is 1. The van der Waals surface area contributed by atoms with Gasteiger partial charge in [-0.1, -0.05) is 0 Å². The van der Waals surface area contributed by atoms with Crippen molar-refractivity contribution in [1.82, 2.24) is 15.1 Å². The van der Waals surface area contributed by atoms with Gasteiger partial charge in [0, 0.05) is 39.8 Å². The molecule has 1 heterocycles. The lowest BCUT2D eigenvalue weighted by atomic mass is 10.2. The Bertz CT molecular complexity index is 305. The number of piperazine rings is 1. The summed E-state index contributed by atoms with van der Waals surface area (Å²) < 4.78 is 41.1. The summed E-state index contributed by atoms with van der Waals surface area (Å²) in [5, 5.41) is 1.93. The first-order valence-corrected chi connectivity index (χ1v) is 6.63. The number of nitrogens with one attached hydrogen (secondary N) is 1. The molecule has 1 aliphatic rings. The van der Waals surface area contributed by atoms with Gasteiger partial charge in [0.15, 0.2) is 0 Å². The van der Waals surface area contributed by atoms with Gasteiger partial charge in [0.25, 0.3) is 0 Å². The van der Waals surface area contributed by atoms with E-state index in [1.54, 1.807) is 14.0 Å². The van der Waals surface area contributed by atoms with Gasteiger partial charge in [-0.3, -0.25) is 14.6 Å². The third-order valence-electron chi connectivity index (χ3n) is 3.41. The summed E-state index contributed by atoms with van der Waals surface area (Å²) in [6.07, 6.45) is -4.37. The van der Waals surface area contributed by atoms with Crippen LogP contribution in [0.25, 0.3) is 0 Å². The van der Waals surface area contributed by atoms with Crippen LogP contribution in [0, 0.1) is 0 Å². The van der Waals surface area contributed by atoms with Crippen LogP contribution in [0.1, 0.15) is 6.92 Å². The molecule has 0 aromatic heterocycles. The van der Waals surface area contributed by atoms with E-state index >= 15 is 0 Å². The average Bonchev–Trinajstić information content (AvgIpc) is 2.41. The lowest BCUT2D eigenvalue weighted by Gasteiger charge is -2.37. The van der Waals surface area contributed by atoms with Crippen LogP contribution in [0.15, 0.2) is 0 Å². The van der Waals surface area contributed by atoms with Crippen molar-refractivity contribution in [3.63, 3.8) is 0 Å². The highest BCUT2D eigenvalue weighted by Gasteiger charge is 2.30. The molecule has 1 aliphatic heterocycles. The Morgan fingerprint density at radius 2 is 1.90 bits per heavy atom. The van der Waals surface area contributed by atoms with Gasteiger partial charge in [0.2, 0.25) is 5.91 Å². The zero-order chi connectivity index (χ0) is 15.2. The Balaban J connectivity index is 2.31. The molecule has 1 atom stereocenters. The third kappa shape index (κ3) is 6.06. The summed E-state index contributed by atoms with van der Waals surface area (Å²) in [4.78, 5) is 15.8. The molecule has 1 amide bonds. The Labute approximate surface area is 117 Å². The molecule has 0 bridgehead atoms. The predicted octanol–water partition coefficient (Wildman–Crippen LogP) is 0.317. The van der Waals surface area contributed by atoms with Gasteiger partial charge in [0.05, 0.1) is 12.6 Å². The molecule has 0 aromatic rings. The van der Waals surface area contributed by atoms with Crippen LogP contribution in [0.4, 0.5) is 13.2 Å². The van der Waals surface area contributed by atoms with Crippen LogP contribution in [-0.4, -0.2) is 80.9 Å². The number of alkyl halides is 3. The Kier molecular flexibility index (Phi) is 6.70. The normalized spacial score (nSPS) is 19.9. The predicted molar refractivity (Wildman–Crippen MR) is 68.4 cm³/mol. The number of hydrogen-bond acceptors (Lipinski definition) is 4. The molecule has 0 aromatic carbocycles. The first kappa shape index (κ1) is 17.2. The van der Waals surface area contributed by atoms with Crippen molar-refractivity contribution >= 4 is 5.91 Å². The SMILES string of the molecule is COCCN1CCN([C@@H](C)C(=O)NCC(F)(F)F)CC1. The Morgan fingerprint density at radius 1 is 1.30 bits per heavy atom. The lowest BCUT2D eigenvalue weighted by Crippen LogP contribution is -2.54. The maximum Gasteiger partial charge on any atom is 0.405 e. The molecular formula is C12H22F3N3O2. The summed E-state index contributed by atoms with van der Waals surface area (Å²) >= 11 is 0. The molecule has 8 heteroatoms. The van der Waals surface area contributed by atoms with Crippen LogP contribution in [0.2, 0.25) is 0 Å². The minimum Gasteiger partial charge on any atom is -0.383 e. The molecule has 0 unspecified atom stereocenters. The molecule has 1 N–H and O–H groups in total. The molecule has 1 fully saturated rings. The van der Waals surface area contributed by atoms with Gasteiger partial charge in [-0.05, 0) is 6.92 Å². The van der Waals surface area contributed by atoms with E-state index in [0.29, 0.717) is 19.7 Å². The van der Waals surface area contributed by atoms with E-state index in [4.69, 9.17) is 4.74 Å². The van der Waals surface area contributed by atoms with Gasteiger partial charge in [0.1, 0.15) is 6.54 Å². The van der Waals surface area contributed by atoms with E-state index in [0.717, 1.165) is 19.6 Å². The second-order valence-corrected chi connectivity index (χ2v) is 4.88.